The van der Waals surface area contributed by atoms with Crippen LogP contribution in [0.3, 0.4) is 0 Å². The van der Waals surface area contributed by atoms with Crippen molar-refractivity contribution in [2.45, 2.75) is 6.54 Å². The summed E-state index contributed by atoms with van der Waals surface area (Å²) in [5, 5.41) is 3.33. The van der Waals surface area contributed by atoms with E-state index in [0.29, 0.717) is 0 Å². The summed E-state index contributed by atoms with van der Waals surface area (Å²) in [7, 11) is 1.71. The quantitative estimate of drug-likeness (QED) is 0.704. The Labute approximate surface area is 122 Å². The monoisotopic (exact) mass is 333 g/mol. The molecule has 0 aliphatic rings. The minimum absolute atomic E-state index is 0.719. The first-order valence-corrected chi connectivity index (χ1v) is 8.06. The largest absolute Gasteiger partial charge is 0.492 e. The normalized spacial score (nSPS) is 10.6. The molecule has 1 rings (SSSR count). The standard InChI is InChI=1S/C13H20BrNO2S/c1-16-6-5-15-10-11-9-12(14)3-4-13(11)17-7-8-18-2/h3-4,9,15H,5-8,10H2,1-2H3. The molecule has 0 saturated carbocycles. The van der Waals surface area contributed by atoms with Crippen LogP contribution < -0.4 is 10.1 Å². The fraction of sp³-hybridized carbons (Fsp3) is 0.538. The van der Waals surface area contributed by atoms with Crippen molar-refractivity contribution in [1.29, 1.82) is 0 Å². The van der Waals surface area contributed by atoms with Gasteiger partial charge < -0.3 is 14.8 Å². The lowest BCUT2D eigenvalue weighted by atomic mass is 10.2. The summed E-state index contributed by atoms with van der Waals surface area (Å²) in [6.07, 6.45) is 2.08. The lowest BCUT2D eigenvalue weighted by Crippen LogP contribution is -2.19. The minimum atomic E-state index is 0.719. The number of rotatable bonds is 9. The van der Waals surface area contributed by atoms with Crippen molar-refractivity contribution in [2.24, 2.45) is 0 Å². The molecule has 0 bridgehead atoms. The van der Waals surface area contributed by atoms with E-state index in [1.165, 1.54) is 5.56 Å². The zero-order chi connectivity index (χ0) is 13.2. The summed E-state index contributed by atoms with van der Waals surface area (Å²) in [6.45, 7) is 3.09. The molecule has 0 heterocycles. The SMILES string of the molecule is COCCNCc1cc(Br)ccc1OCCSC. The Bertz CT molecular complexity index is 350. The molecular formula is C13H20BrNO2S. The highest BCUT2D eigenvalue weighted by Gasteiger charge is 2.04. The van der Waals surface area contributed by atoms with E-state index in [1.807, 2.05) is 12.1 Å². The zero-order valence-electron chi connectivity index (χ0n) is 10.9. The fourth-order valence-corrected chi connectivity index (χ4v) is 2.12. The molecule has 0 spiro atoms. The summed E-state index contributed by atoms with van der Waals surface area (Å²) in [4.78, 5) is 0. The van der Waals surface area contributed by atoms with E-state index in [-0.39, 0.29) is 0 Å². The summed E-state index contributed by atoms with van der Waals surface area (Å²) < 4.78 is 11.9. The van der Waals surface area contributed by atoms with E-state index < -0.39 is 0 Å². The van der Waals surface area contributed by atoms with E-state index in [9.17, 15) is 0 Å². The van der Waals surface area contributed by atoms with Crippen molar-refractivity contribution in [3.05, 3.63) is 28.2 Å². The van der Waals surface area contributed by atoms with E-state index in [0.717, 1.165) is 42.3 Å². The van der Waals surface area contributed by atoms with Crippen LogP contribution in [0, 0.1) is 0 Å². The summed E-state index contributed by atoms with van der Waals surface area (Å²) in [5.41, 5.74) is 1.17. The predicted octanol–water partition coefficient (Wildman–Crippen LogP) is 2.93. The highest BCUT2D eigenvalue weighted by Crippen LogP contribution is 2.23. The van der Waals surface area contributed by atoms with Gasteiger partial charge in [-0.3, -0.25) is 0 Å². The van der Waals surface area contributed by atoms with Crippen LogP contribution in [0.25, 0.3) is 0 Å². The van der Waals surface area contributed by atoms with Crippen molar-refractivity contribution in [3.8, 4) is 5.75 Å². The van der Waals surface area contributed by atoms with E-state index in [2.05, 4.69) is 33.6 Å². The number of ether oxygens (including phenoxy) is 2. The Morgan fingerprint density at radius 1 is 1.33 bits per heavy atom. The van der Waals surface area contributed by atoms with Crippen LogP contribution in [0.4, 0.5) is 0 Å². The molecule has 0 saturated heterocycles. The molecule has 0 aliphatic heterocycles. The highest BCUT2D eigenvalue weighted by atomic mass is 79.9. The first kappa shape index (κ1) is 15.8. The molecule has 5 heteroatoms. The van der Waals surface area contributed by atoms with Gasteiger partial charge in [0.1, 0.15) is 5.75 Å². The van der Waals surface area contributed by atoms with Crippen LogP contribution in [0.1, 0.15) is 5.56 Å². The van der Waals surface area contributed by atoms with Crippen LogP contribution in [0.2, 0.25) is 0 Å². The van der Waals surface area contributed by atoms with Gasteiger partial charge in [0.2, 0.25) is 0 Å². The maximum atomic E-state index is 5.78. The second-order valence-electron chi connectivity index (χ2n) is 3.76. The molecule has 0 radical (unpaired) electrons. The predicted molar refractivity (Wildman–Crippen MR) is 81.6 cm³/mol. The molecule has 18 heavy (non-hydrogen) atoms. The summed E-state index contributed by atoms with van der Waals surface area (Å²) >= 11 is 5.28. The Kier molecular flexibility index (Phi) is 8.50. The Morgan fingerprint density at radius 2 is 2.17 bits per heavy atom. The summed E-state index contributed by atoms with van der Waals surface area (Å²) in [5.74, 6) is 1.96. The van der Waals surface area contributed by atoms with Crippen molar-refractivity contribution in [1.82, 2.24) is 5.32 Å². The molecule has 0 aliphatic carbocycles. The molecule has 3 nitrogen and oxygen atoms in total. The van der Waals surface area contributed by atoms with Gasteiger partial charge in [-0.05, 0) is 24.5 Å². The van der Waals surface area contributed by atoms with Crippen molar-refractivity contribution in [2.75, 3.05) is 38.9 Å². The van der Waals surface area contributed by atoms with Crippen LogP contribution in [-0.2, 0) is 11.3 Å². The smallest absolute Gasteiger partial charge is 0.123 e. The van der Waals surface area contributed by atoms with Crippen molar-refractivity contribution in [3.63, 3.8) is 0 Å². The minimum Gasteiger partial charge on any atom is -0.492 e. The zero-order valence-corrected chi connectivity index (χ0v) is 13.3. The molecule has 1 aromatic rings. The van der Waals surface area contributed by atoms with Gasteiger partial charge in [0, 0.05) is 36.0 Å². The average molecular weight is 334 g/mol. The van der Waals surface area contributed by atoms with Gasteiger partial charge in [0.05, 0.1) is 13.2 Å². The Balaban J connectivity index is 2.53. The Hall–Kier alpha value is -0.230. The molecule has 0 atom stereocenters. The molecule has 0 amide bonds. The highest BCUT2D eigenvalue weighted by molar-refractivity contribution is 9.10. The van der Waals surface area contributed by atoms with Crippen LogP contribution in [-0.4, -0.2) is 38.9 Å². The third-order valence-corrected chi connectivity index (χ3v) is 3.43. The number of hydrogen-bond donors (Lipinski definition) is 1. The van der Waals surface area contributed by atoms with Gasteiger partial charge in [-0.2, -0.15) is 11.8 Å². The van der Waals surface area contributed by atoms with Crippen molar-refractivity contribution < 1.29 is 9.47 Å². The van der Waals surface area contributed by atoms with Crippen molar-refractivity contribution >= 4 is 27.7 Å². The number of methoxy groups -OCH3 is 1. The van der Waals surface area contributed by atoms with Crippen LogP contribution in [0.15, 0.2) is 22.7 Å². The maximum Gasteiger partial charge on any atom is 0.123 e. The van der Waals surface area contributed by atoms with E-state index in [4.69, 9.17) is 9.47 Å². The third kappa shape index (κ3) is 6.09. The second kappa shape index (κ2) is 9.67. The van der Waals surface area contributed by atoms with E-state index in [1.54, 1.807) is 18.9 Å². The number of thioether (sulfide) groups is 1. The first-order valence-electron chi connectivity index (χ1n) is 5.87. The van der Waals surface area contributed by atoms with Gasteiger partial charge in [-0.25, -0.2) is 0 Å². The van der Waals surface area contributed by atoms with Gasteiger partial charge in [0.25, 0.3) is 0 Å². The molecule has 102 valence electrons. The van der Waals surface area contributed by atoms with Gasteiger partial charge in [-0.1, -0.05) is 15.9 Å². The molecule has 0 fully saturated rings. The molecular weight excluding hydrogens is 314 g/mol. The number of halogens is 1. The van der Waals surface area contributed by atoms with E-state index >= 15 is 0 Å². The average Bonchev–Trinajstić information content (AvgIpc) is 2.37. The molecule has 0 aromatic heterocycles. The summed E-state index contributed by atoms with van der Waals surface area (Å²) in [6, 6.07) is 6.11. The molecule has 1 aromatic carbocycles. The van der Waals surface area contributed by atoms with Gasteiger partial charge in [-0.15, -0.1) is 0 Å². The van der Waals surface area contributed by atoms with Gasteiger partial charge in [0.15, 0.2) is 0 Å². The van der Waals surface area contributed by atoms with Crippen LogP contribution in [0.5, 0.6) is 5.75 Å². The first-order chi connectivity index (χ1) is 8.77. The number of nitrogens with one attached hydrogen (secondary N) is 1. The molecule has 0 unspecified atom stereocenters. The maximum absolute atomic E-state index is 5.78. The number of hydrogen-bond acceptors (Lipinski definition) is 4. The topological polar surface area (TPSA) is 30.5 Å². The second-order valence-corrected chi connectivity index (χ2v) is 5.66. The van der Waals surface area contributed by atoms with Gasteiger partial charge >= 0.3 is 0 Å². The third-order valence-electron chi connectivity index (χ3n) is 2.37. The lowest BCUT2D eigenvalue weighted by Gasteiger charge is -2.12. The Morgan fingerprint density at radius 3 is 2.89 bits per heavy atom. The lowest BCUT2D eigenvalue weighted by molar-refractivity contribution is 0.199. The molecule has 1 N–H and O–H groups in total. The fourth-order valence-electron chi connectivity index (χ4n) is 1.46. The number of benzene rings is 1. The van der Waals surface area contributed by atoms with Crippen LogP contribution >= 0.6 is 27.7 Å².